The molecule has 0 aliphatic carbocycles. The van der Waals surface area contributed by atoms with Crippen LogP contribution in [0.5, 0.6) is 11.5 Å². The molecule has 184 valence electrons. The Bertz CT molecular complexity index is 1340. The molecule has 1 amide bonds. The summed E-state index contributed by atoms with van der Waals surface area (Å²) in [6.45, 7) is 3.39. The molecule has 1 aromatic heterocycles. The average molecular weight is 503 g/mol. The molecule has 0 aliphatic rings. The molecule has 4 aromatic rings. The van der Waals surface area contributed by atoms with Crippen LogP contribution in [0.15, 0.2) is 84.0 Å². The second-order valence-electron chi connectivity index (χ2n) is 7.92. The lowest BCUT2D eigenvalue weighted by molar-refractivity contribution is -0.113. The van der Waals surface area contributed by atoms with E-state index < -0.39 is 6.10 Å². The molecule has 1 heterocycles. The Morgan fingerprint density at radius 1 is 0.972 bits per heavy atom. The summed E-state index contributed by atoms with van der Waals surface area (Å²) in [7, 11) is 1.61. The lowest BCUT2D eigenvalue weighted by Crippen LogP contribution is -2.15. The number of amides is 1. The molecule has 1 atom stereocenters. The maximum atomic E-state index is 12.6. The van der Waals surface area contributed by atoms with Gasteiger partial charge in [0.2, 0.25) is 5.91 Å². The van der Waals surface area contributed by atoms with Gasteiger partial charge in [-0.1, -0.05) is 42.1 Å². The first-order valence-corrected chi connectivity index (χ1v) is 12.3. The number of anilines is 1. The van der Waals surface area contributed by atoms with Crippen LogP contribution in [-0.4, -0.2) is 39.3 Å². The zero-order valence-corrected chi connectivity index (χ0v) is 21.0. The van der Waals surface area contributed by atoms with E-state index in [1.54, 1.807) is 31.4 Å². The summed E-state index contributed by atoms with van der Waals surface area (Å²) in [4.78, 5) is 24.3. The van der Waals surface area contributed by atoms with E-state index in [0.717, 1.165) is 11.4 Å². The number of aromatic nitrogens is 3. The Labute approximate surface area is 213 Å². The van der Waals surface area contributed by atoms with Gasteiger partial charge in [0.15, 0.2) is 22.9 Å². The largest absolute Gasteiger partial charge is 0.497 e. The molecule has 0 spiro atoms. The Hall–Kier alpha value is -4.11. The van der Waals surface area contributed by atoms with Gasteiger partial charge in [0.1, 0.15) is 11.5 Å². The number of nitrogens with one attached hydrogen (secondary N) is 1. The first-order valence-electron chi connectivity index (χ1n) is 11.3. The molecule has 0 radical (unpaired) electrons. The highest BCUT2D eigenvalue weighted by Crippen LogP contribution is 2.28. The summed E-state index contributed by atoms with van der Waals surface area (Å²) in [5, 5.41) is 12.1. The topological polar surface area (TPSA) is 95.3 Å². The number of methoxy groups -OCH3 is 1. The predicted molar refractivity (Wildman–Crippen MR) is 139 cm³/mol. The van der Waals surface area contributed by atoms with E-state index in [9.17, 15) is 9.59 Å². The van der Waals surface area contributed by atoms with Crippen molar-refractivity contribution in [1.29, 1.82) is 0 Å². The average Bonchev–Trinajstić information content (AvgIpc) is 3.33. The second kappa shape index (κ2) is 11.5. The smallest absolute Gasteiger partial charge is 0.234 e. The molecule has 1 N–H and O–H groups in total. The van der Waals surface area contributed by atoms with E-state index in [-0.39, 0.29) is 17.4 Å². The van der Waals surface area contributed by atoms with E-state index in [4.69, 9.17) is 9.47 Å². The molecule has 36 heavy (non-hydrogen) atoms. The van der Waals surface area contributed by atoms with Crippen LogP contribution in [0, 0.1) is 0 Å². The minimum Gasteiger partial charge on any atom is -0.497 e. The van der Waals surface area contributed by atoms with E-state index in [0.29, 0.717) is 28.0 Å². The Morgan fingerprint density at radius 3 is 2.39 bits per heavy atom. The molecule has 3 aromatic carbocycles. The number of benzene rings is 3. The number of nitrogens with zero attached hydrogens (tertiary/aromatic N) is 3. The summed E-state index contributed by atoms with van der Waals surface area (Å²) in [5.41, 5.74) is 1.97. The van der Waals surface area contributed by atoms with Crippen molar-refractivity contribution in [2.24, 2.45) is 0 Å². The lowest BCUT2D eigenvalue weighted by Gasteiger charge is -2.17. The van der Waals surface area contributed by atoms with Crippen LogP contribution in [0.1, 0.15) is 36.1 Å². The van der Waals surface area contributed by atoms with Crippen molar-refractivity contribution in [3.63, 3.8) is 0 Å². The molecule has 0 fully saturated rings. The number of thioether (sulfide) groups is 1. The van der Waals surface area contributed by atoms with Crippen LogP contribution >= 0.6 is 11.8 Å². The van der Waals surface area contributed by atoms with Gasteiger partial charge in [0.05, 0.1) is 12.9 Å². The van der Waals surface area contributed by atoms with Crippen molar-refractivity contribution in [1.82, 2.24) is 14.8 Å². The van der Waals surface area contributed by atoms with Crippen molar-refractivity contribution in [3.05, 3.63) is 90.3 Å². The summed E-state index contributed by atoms with van der Waals surface area (Å²) < 4.78 is 13.2. The van der Waals surface area contributed by atoms with Crippen LogP contribution in [-0.2, 0) is 4.79 Å². The highest BCUT2D eigenvalue weighted by atomic mass is 32.2. The summed E-state index contributed by atoms with van der Waals surface area (Å²) in [5.74, 6) is 1.86. The number of carbonyl (C=O) groups is 2. The van der Waals surface area contributed by atoms with Crippen LogP contribution in [0.4, 0.5) is 5.69 Å². The van der Waals surface area contributed by atoms with Crippen molar-refractivity contribution in [3.8, 4) is 17.2 Å². The second-order valence-corrected chi connectivity index (χ2v) is 8.86. The van der Waals surface area contributed by atoms with E-state index >= 15 is 0 Å². The normalized spacial score (nSPS) is 11.5. The standard InChI is InChI=1S/C27H26N4O4S/c1-18(32)20-8-7-9-21(16-20)28-25(33)17-36-27-30-29-26(31(27)22-10-5-4-6-11-22)19(2)35-24-14-12-23(34-3)13-15-24/h4-16,19H,17H2,1-3H3,(H,28,33). The molecule has 0 saturated carbocycles. The molecule has 9 heteroatoms. The number of hydrogen-bond acceptors (Lipinski definition) is 7. The van der Waals surface area contributed by atoms with Gasteiger partial charge >= 0.3 is 0 Å². The van der Waals surface area contributed by atoms with Crippen LogP contribution in [0.3, 0.4) is 0 Å². The van der Waals surface area contributed by atoms with E-state index in [2.05, 4.69) is 15.5 Å². The number of hydrogen-bond donors (Lipinski definition) is 1. The number of carbonyl (C=O) groups excluding carboxylic acids is 2. The fourth-order valence-corrected chi connectivity index (χ4v) is 4.27. The summed E-state index contributed by atoms with van der Waals surface area (Å²) in [6.07, 6.45) is -0.413. The number of ketones is 1. The van der Waals surface area contributed by atoms with Gasteiger partial charge in [-0.2, -0.15) is 0 Å². The third-order valence-corrected chi connectivity index (χ3v) is 6.22. The zero-order chi connectivity index (χ0) is 25.5. The number of ether oxygens (including phenoxy) is 2. The molecule has 8 nitrogen and oxygen atoms in total. The third-order valence-electron chi connectivity index (χ3n) is 5.29. The Morgan fingerprint density at radius 2 is 1.69 bits per heavy atom. The molecule has 4 rings (SSSR count). The molecule has 0 saturated heterocycles. The van der Waals surface area contributed by atoms with Crippen LogP contribution in [0.2, 0.25) is 0 Å². The maximum absolute atomic E-state index is 12.6. The molecule has 1 unspecified atom stereocenters. The molecule has 0 aliphatic heterocycles. The quantitative estimate of drug-likeness (QED) is 0.231. The van der Waals surface area contributed by atoms with Crippen molar-refractivity contribution >= 4 is 29.1 Å². The van der Waals surface area contributed by atoms with Gasteiger partial charge in [-0.25, -0.2) is 0 Å². The van der Waals surface area contributed by atoms with Gasteiger partial charge in [-0.05, 0) is 62.4 Å². The van der Waals surface area contributed by atoms with Crippen LogP contribution in [0.25, 0.3) is 5.69 Å². The maximum Gasteiger partial charge on any atom is 0.234 e. The zero-order valence-electron chi connectivity index (χ0n) is 20.2. The minimum absolute atomic E-state index is 0.0602. The highest BCUT2D eigenvalue weighted by molar-refractivity contribution is 7.99. The van der Waals surface area contributed by atoms with Gasteiger partial charge in [0, 0.05) is 16.9 Å². The van der Waals surface area contributed by atoms with E-state index in [1.165, 1.54) is 18.7 Å². The Kier molecular flexibility index (Phi) is 8.02. The highest BCUT2D eigenvalue weighted by Gasteiger charge is 2.22. The summed E-state index contributed by atoms with van der Waals surface area (Å²) in [6, 6.07) is 23.9. The van der Waals surface area contributed by atoms with Crippen LogP contribution < -0.4 is 14.8 Å². The van der Waals surface area contributed by atoms with Gasteiger partial charge in [-0.15, -0.1) is 10.2 Å². The first-order chi connectivity index (χ1) is 17.4. The fraction of sp³-hybridized carbons (Fsp3) is 0.185. The lowest BCUT2D eigenvalue weighted by atomic mass is 10.1. The number of Topliss-reactive ketones (excluding diaryl/α,β-unsaturated/α-hetero) is 1. The SMILES string of the molecule is COc1ccc(OC(C)c2nnc(SCC(=O)Nc3cccc(C(C)=O)c3)n2-c2ccccc2)cc1. The number of para-hydroxylation sites is 1. The predicted octanol–water partition coefficient (Wildman–Crippen LogP) is 5.35. The molecule has 0 bridgehead atoms. The van der Waals surface area contributed by atoms with Crippen molar-refractivity contribution < 1.29 is 19.1 Å². The number of rotatable bonds is 10. The third kappa shape index (κ3) is 6.11. The monoisotopic (exact) mass is 502 g/mol. The summed E-state index contributed by atoms with van der Waals surface area (Å²) >= 11 is 1.27. The molecular weight excluding hydrogens is 476 g/mol. The van der Waals surface area contributed by atoms with Gasteiger partial charge < -0.3 is 14.8 Å². The Balaban J connectivity index is 1.51. The van der Waals surface area contributed by atoms with Gasteiger partial charge in [0.25, 0.3) is 0 Å². The minimum atomic E-state index is -0.413. The fourth-order valence-electron chi connectivity index (χ4n) is 3.51. The van der Waals surface area contributed by atoms with Crippen molar-refractivity contribution in [2.45, 2.75) is 25.1 Å². The van der Waals surface area contributed by atoms with Gasteiger partial charge in [-0.3, -0.25) is 14.2 Å². The molecular formula is C27H26N4O4S. The van der Waals surface area contributed by atoms with Crippen molar-refractivity contribution in [2.75, 3.05) is 18.2 Å². The first kappa shape index (κ1) is 25.0. The van der Waals surface area contributed by atoms with E-state index in [1.807, 2.05) is 66.1 Å².